The maximum absolute atomic E-state index is 14.8. The molecular formula is C36H29F3N2O5. The van der Waals surface area contributed by atoms with Gasteiger partial charge >= 0.3 is 6.18 Å². The summed E-state index contributed by atoms with van der Waals surface area (Å²) >= 11 is 0. The highest BCUT2D eigenvalue weighted by molar-refractivity contribution is 6.34. The van der Waals surface area contributed by atoms with Crippen molar-refractivity contribution >= 4 is 29.3 Å². The molecule has 0 saturated carbocycles. The summed E-state index contributed by atoms with van der Waals surface area (Å²) in [7, 11) is 1.39. The molecule has 2 heterocycles. The minimum absolute atomic E-state index is 0.0631. The van der Waals surface area contributed by atoms with E-state index < -0.39 is 35.7 Å². The molecule has 2 aliphatic rings. The van der Waals surface area contributed by atoms with Crippen LogP contribution in [0.1, 0.15) is 86.3 Å². The van der Waals surface area contributed by atoms with Gasteiger partial charge in [0.25, 0.3) is 23.6 Å². The second kappa shape index (κ2) is 10.7. The quantitative estimate of drug-likeness (QED) is 0.212. The molecule has 0 bridgehead atoms. The SMILES string of the molecule is Cc1cc(C)c(C(c2c(C)cc(N3C(=O)c4ccc(Oc5ccc6c(c5)C(=O)N(C)C6=O)cc4C3=O)cc2C)C(F)(F)F)c(C)c1. The number of carbonyl (C=O) groups is 4. The van der Waals surface area contributed by atoms with E-state index in [1.807, 2.05) is 6.92 Å². The lowest BCUT2D eigenvalue weighted by Gasteiger charge is -2.29. The van der Waals surface area contributed by atoms with E-state index in [1.54, 1.807) is 39.8 Å². The molecule has 4 aromatic rings. The summed E-state index contributed by atoms with van der Waals surface area (Å²) in [6, 6.07) is 15.1. The van der Waals surface area contributed by atoms with Crippen molar-refractivity contribution in [2.75, 3.05) is 11.9 Å². The Balaban J connectivity index is 1.33. The van der Waals surface area contributed by atoms with Crippen LogP contribution in [-0.4, -0.2) is 41.8 Å². The molecule has 10 heteroatoms. The number of rotatable bonds is 5. The summed E-state index contributed by atoms with van der Waals surface area (Å²) in [5, 5.41) is 0. The highest BCUT2D eigenvalue weighted by atomic mass is 19.4. The summed E-state index contributed by atoms with van der Waals surface area (Å²) in [5.41, 5.74) is 3.61. The van der Waals surface area contributed by atoms with Crippen LogP contribution in [0.3, 0.4) is 0 Å². The van der Waals surface area contributed by atoms with Crippen LogP contribution in [0.4, 0.5) is 18.9 Å². The van der Waals surface area contributed by atoms with Gasteiger partial charge in [0.05, 0.1) is 27.9 Å². The minimum Gasteiger partial charge on any atom is -0.457 e. The van der Waals surface area contributed by atoms with Gasteiger partial charge in [-0.15, -0.1) is 0 Å². The zero-order valence-corrected chi connectivity index (χ0v) is 25.9. The molecule has 0 radical (unpaired) electrons. The van der Waals surface area contributed by atoms with Gasteiger partial charge in [-0.1, -0.05) is 17.7 Å². The monoisotopic (exact) mass is 626 g/mol. The van der Waals surface area contributed by atoms with Crippen molar-refractivity contribution in [3.8, 4) is 11.5 Å². The molecule has 46 heavy (non-hydrogen) atoms. The zero-order chi connectivity index (χ0) is 33.4. The third-order valence-corrected chi connectivity index (χ3v) is 8.63. The Bertz CT molecular complexity index is 1980. The Morgan fingerprint density at radius 1 is 0.587 bits per heavy atom. The number of imide groups is 2. The first-order valence-corrected chi connectivity index (χ1v) is 14.5. The third kappa shape index (κ3) is 4.85. The summed E-state index contributed by atoms with van der Waals surface area (Å²) in [4.78, 5) is 53.6. The molecule has 0 spiro atoms. The molecule has 2 aliphatic heterocycles. The Morgan fingerprint density at radius 3 is 1.50 bits per heavy atom. The van der Waals surface area contributed by atoms with Gasteiger partial charge in [-0.2, -0.15) is 13.2 Å². The highest BCUT2D eigenvalue weighted by Gasteiger charge is 2.45. The number of amides is 4. The molecule has 1 unspecified atom stereocenters. The number of ether oxygens (including phenoxy) is 1. The Kier molecular flexibility index (Phi) is 7.14. The first kappa shape index (κ1) is 30.8. The number of nitrogens with zero attached hydrogens (tertiary/aromatic N) is 2. The average molecular weight is 627 g/mol. The second-order valence-corrected chi connectivity index (χ2v) is 11.9. The zero-order valence-electron chi connectivity index (χ0n) is 25.9. The van der Waals surface area contributed by atoms with Crippen LogP contribution in [0.5, 0.6) is 11.5 Å². The number of fused-ring (bicyclic) bond motifs is 2. The number of alkyl halides is 3. The lowest BCUT2D eigenvalue weighted by Crippen LogP contribution is -2.30. The molecule has 234 valence electrons. The number of anilines is 1. The highest BCUT2D eigenvalue weighted by Crippen LogP contribution is 2.46. The molecule has 4 aromatic carbocycles. The average Bonchev–Trinajstić information content (AvgIpc) is 3.34. The van der Waals surface area contributed by atoms with Crippen molar-refractivity contribution in [3.63, 3.8) is 0 Å². The second-order valence-electron chi connectivity index (χ2n) is 11.9. The molecular weight excluding hydrogens is 597 g/mol. The van der Waals surface area contributed by atoms with Crippen LogP contribution in [-0.2, 0) is 0 Å². The van der Waals surface area contributed by atoms with Gasteiger partial charge in [0.15, 0.2) is 0 Å². The van der Waals surface area contributed by atoms with Crippen LogP contribution < -0.4 is 9.64 Å². The Hall–Kier alpha value is -5.25. The fourth-order valence-corrected chi connectivity index (χ4v) is 6.71. The Labute approximate surface area is 263 Å². The standard InChI is InChI=1S/C36H29F3N2O5/c1-17-11-18(2)29(19(3)12-17)31(36(37,38)39)30-20(4)13-22(14-21(30)5)41-34(44)26-10-8-24(16-28(26)35(41)45)46-23-7-9-25-27(15-23)33(43)40(6)32(25)42/h7-16,31H,1-6H3. The van der Waals surface area contributed by atoms with Gasteiger partial charge in [0.2, 0.25) is 0 Å². The van der Waals surface area contributed by atoms with Crippen LogP contribution in [0.15, 0.2) is 60.7 Å². The molecule has 0 fully saturated rings. The topological polar surface area (TPSA) is 84.0 Å². The Morgan fingerprint density at radius 2 is 1.00 bits per heavy atom. The molecule has 1 atom stereocenters. The van der Waals surface area contributed by atoms with E-state index >= 15 is 0 Å². The van der Waals surface area contributed by atoms with Crippen molar-refractivity contribution in [1.29, 1.82) is 0 Å². The number of benzene rings is 4. The molecule has 6 rings (SSSR count). The number of hydrogen-bond donors (Lipinski definition) is 0. The fourth-order valence-electron chi connectivity index (χ4n) is 6.71. The summed E-state index contributed by atoms with van der Waals surface area (Å²) in [6.45, 7) is 8.30. The van der Waals surface area contributed by atoms with Crippen molar-refractivity contribution in [3.05, 3.63) is 122 Å². The smallest absolute Gasteiger partial charge is 0.399 e. The van der Waals surface area contributed by atoms with Crippen molar-refractivity contribution < 1.29 is 37.1 Å². The van der Waals surface area contributed by atoms with E-state index in [4.69, 9.17) is 4.74 Å². The van der Waals surface area contributed by atoms with E-state index in [1.165, 1.54) is 55.6 Å². The third-order valence-electron chi connectivity index (χ3n) is 8.63. The normalized spacial score (nSPS) is 15.1. The van der Waals surface area contributed by atoms with Crippen LogP contribution >= 0.6 is 0 Å². The number of halogens is 3. The van der Waals surface area contributed by atoms with E-state index in [0.29, 0.717) is 22.3 Å². The van der Waals surface area contributed by atoms with Gasteiger partial charge in [-0.3, -0.25) is 24.1 Å². The minimum atomic E-state index is -4.59. The van der Waals surface area contributed by atoms with Crippen molar-refractivity contribution in [1.82, 2.24) is 4.90 Å². The van der Waals surface area contributed by atoms with E-state index in [-0.39, 0.29) is 50.6 Å². The van der Waals surface area contributed by atoms with Crippen molar-refractivity contribution in [2.24, 2.45) is 0 Å². The lowest BCUT2D eigenvalue weighted by atomic mass is 9.80. The van der Waals surface area contributed by atoms with Gasteiger partial charge in [0, 0.05) is 7.05 Å². The molecule has 0 aliphatic carbocycles. The van der Waals surface area contributed by atoms with Gasteiger partial charge in [0.1, 0.15) is 17.4 Å². The van der Waals surface area contributed by atoms with Gasteiger partial charge < -0.3 is 4.74 Å². The van der Waals surface area contributed by atoms with E-state index in [9.17, 15) is 32.3 Å². The first-order chi connectivity index (χ1) is 21.6. The summed E-state index contributed by atoms with van der Waals surface area (Å²) < 4.78 is 50.2. The lowest BCUT2D eigenvalue weighted by molar-refractivity contribution is -0.141. The molecule has 0 N–H and O–H groups in total. The molecule has 0 saturated heterocycles. The van der Waals surface area contributed by atoms with Crippen LogP contribution in [0.2, 0.25) is 0 Å². The molecule has 0 aromatic heterocycles. The summed E-state index contributed by atoms with van der Waals surface area (Å²) in [6.07, 6.45) is -4.59. The number of carbonyl (C=O) groups excluding carboxylic acids is 4. The van der Waals surface area contributed by atoms with E-state index in [2.05, 4.69) is 0 Å². The predicted octanol–water partition coefficient (Wildman–Crippen LogP) is 7.74. The maximum Gasteiger partial charge on any atom is 0.399 e. The predicted molar refractivity (Wildman–Crippen MR) is 165 cm³/mol. The summed E-state index contributed by atoms with van der Waals surface area (Å²) in [5.74, 6) is -3.56. The van der Waals surface area contributed by atoms with E-state index in [0.717, 1.165) is 15.4 Å². The van der Waals surface area contributed by atoms with Gasteiger partial charge in [-0.25, -0.2) is 4.90 Å². The molecule has 4 amide bonds. The maximum atomic E-state index is 14.8. The number of aryl methyl sites for hydroxylation is 5. The fraction of sp³-hybridized carbons (Fsp3) is 0.222. The van der Waals surface area contributed by atoms with Crippen LogP contribution in [0, 0.1) is 34.6 Å². The van der Waals surface area contributed by atoms with Crippen molar-refractivity contribution in [2.45, 2.75) is 46.7 Å². The van der Waals surface area contributed by atoms with Crippen LogP contribution in [0.25, 0.3) is 0 Å². The molecule has 7 nitrogen and oxygen atoms in total. The first-order valence-electron chi connectivity index (χ1n) is 14.5. The largest absolute Gasteiger partial charge is 0.457 e. The van der Waals surface area contributed by atoms with Gasteiger partial charge in [-0.05, 0) is 117 Å². The number of hydrogen-bond acceptors (Lipinski definition) is 5.